The molecule has 1 aliphatic rings. The van der Waals surface area contributed by atoms with E-state index in [-0.39, 0.29) is 24.5 Å². The average Bonchev–Trinajstić information content (AvgIpc) is 2.62. The predicted molar refractivity (Wildman–Crippen MR) is 93.0 cm³/mol. The first kappa shape index (κ1) is 17.5. The fourth-order valence-corrected chi connectivity index (χ4v) is 3.29. The summed E-state index contributed by atoms with van der Waals surface area (Å²) in [6.07, 6.45) is 3.04. The zero-order valence-electron chi connectivity index (χ0n) is 14.2. The Morgan fingerprint density at radius 3 is 2.80 bits per heavy atom. The molecule has 2 atom stereocenters. The van der Waals surface area contributed by atoms with E-state index in [1.807, 2.05) is 19.1 Å². The number of amides is 1. The lowest BCUT2D eigenvalue weighted by atomic mass is 9.88. The van der Waals surface area contributed by atoms with Crippen LogP contribution in [-0.4, -0.2) is 12.5 Å². The highest BCUT2D eigenvalue weighted by atomic mass is 19.2. The highest BCUT2D eigenvalue weighted by Gasteiger charge is 2.21. The summed E-state index contributed by atoms with van der Waals surface area (Å²) in [5.41, 5.74) is 3.09. The summed E-state index contributed by atoms with van der Waals surface area (Å²) in [5.74, 6) is -1.85. The Balaban J connectivity index is 1.56. The van der Waals surface area contributed by atoms with Crippen LogP contribution in [0.15, 0.2) is 42.5 Å². The van der Waals surface area contributed by atoms with Gasteiger partial charge < -0.3 is 10.6 Å². The number of carbonyl (C=O) groups is 1. The van der Waals surface area contributed by atoms with Crippen molar-refractivity contribution in [2.24, 2.45) is 0 Å². The van der Waals surface area contributed by atoms with E-state index in [0.717, 1.165) is 31.4 Å². The SMILES string of the molecule is C[C@@H](NCC(=O)N[C@H]1CCCc2ccccc21)c1ccc(F)c(F)c1. The number of fused-ring (bicyclic) bond motifs is 1. The number of nitrogens with one attached hydrogen (secondary N) is 2. The Kier molecular flexibility index (Phi) is 5.43. The van der Waals surface area contributed by atoms with Gasteiger partial charge in [-0.15, -0.1) is 0 Å². The molecule has 0 saturated carbocycles. The van der Waals surface area contributed by atoms with Gasteiger partial charge >= 0.3 is 0 Å². The second-order valence-corrected chi connectivity index (χ2v) is 6.49. The summed E-state index contributed by atoms with van der Waals surface area (Å²) in [6.45, 7) is 1.94. The molecule has 5 heteroatoms. The molecule has 0 aliphatic heterocycles. The Hall–Kier alpha value is -2.27. The first-order valence-corrected chi connectivity index (χ1v) is 8.60. The van der Waals surface area contributed by atoms with Gasteiger partial charge in [0.05, 0.1) is 12.6 Å². The summed E-state index contributed by atoms with van der Waals surface area (Å²) >= 11 is 0. The Labute approximate surface area is 146 Å². The fourth-order valence-electron chi connectivity index (χ4n) is 3.29. The van der Waals surface area contributed by atoms with Crippen LogP contribution in [-0.2, 0) is 11.2 Å². The standard InChI is InChI=1S/C20H22F2N2O/c1-13(15-9-10-17(21)18(22)11-15)23-12-20(25)24-19-8-4-6-14-5-2-3-7-16(14)19/h2-3,5,7,9-11,13,19,23H,4,6,8,12H2,1H3,(H,24,25)/t13-,19+/m1/s1. The first-order chi connectivity index (χ1) is 12.0. The summed E-state index contributed by atoms with van der Waals surface area (Å²) in [7, 11) is 0. The van der Waals surface area contributed by atoms with E-state index in [4.69, 9.17) is 0 Å². The van der Waals surface area contributed by atoms with Gasteiger partial charge in [-0.1, -0.05) is 30.3 Å². The number of carbonyl (C=O) groups excluding carboxylic acids is 1. The van der Waals surface area contributed by atoms with Crippen molar-refractivity contribution >= 4 is 5.91 Å². The predicted octanol–water partition coefficient (Wildman–Crippen LogP) is 3.81. The molecule has 0 aromatic heterocycles. The minimum Gasteiger partial charge on any atom is -0.348 e. The molecule has 0 saturated heterocycles. The lowest BCUT2D eigenvalue weighted by Gasteiger charge is -2.26. The second-order valence-electron chi connectivity index (χ2n) is 6.49. The van der Waals surface area contributed by atoms with E-state index in [1.54, 1.807) is 0 Å². The molecule has 132 valence electrons. The van der Waals surface area contributed by atoms with Crippen molar-refractivity contribution in [2.45, 2.75) is 38.3 Å². The van der Waals surface area contributed by atoms with Crippen LogP contribution in [0.5, 0.6) is 0 Å². The maximum Gasteiger partial charge on any atom is 0.234 e. The molecule has 2 aromatic rings. The molecule has 0 spiro atoms. The molecule has 1 aliphatic carbocycles. The summed E-state index contributed by atoms with van der Waals surface area (Å²) in [4.78, 5) is 12.3. The van der Waals surface area contributed by atoms with E-state index in [9.17, 15) is 13.6 Å². The van der Waals surface area contributed by atoms with Gasteiger partial charge in [-0.05, 0) is 55.0 Å². The largest absolute Gasteiger partial charge is 0.348 e. The lowest BCUT2D eigenvalue weighted by molar-refractivity contribution is -0.121. The third-order valence-corrected chi connectivity index (χ3v) is 4.72. The molecule has 0 heterocycles. The smallest absolute Gasteiger partial charge is 0.234 e. The van der Waals surface area contributed by atoms with Gasteiger partial charge in [0.1, 0.15) is 0 Å². The van der Waals surface area contributed by atoms with Crippen molar-refractivity contribution < 1.29 is 13.6 Å². The van der Waals surface area contributed by atoms with E-state index in [1.165, 1.54) is 17.2 Å². The molecule has 1 amide bonds. The summed E-state index contributed by atoms with van der Waals surface area (Å²) < 4.78 is 26.3. The first-order valence-electron chi connectivity index (χ1n) is 8.60. The number of hydrogen-bond donors (Lipinski definition) is 2. The van der Waals surface area contributed by atoms with E-state index >= 15 is 0 Å². The average molecular weight is 344 g/mol. The van der Waals surface area contributed by atoms with Crippen molar-refractivity contribution in [3.8, 4) is 0 Å². The van der Waals surface area contributed by atoms with Crippen LogP contribution in [0, 0.1) is 11.6 Å². The normalized spacial score (nSPS) is 17.6. The lowest BCUT2D eigenvalue weighted by Crippen LogP contribution is -2.38. The van der Waals surface area contributed by atoms with Gasteiger partial charge in [0.25, 0.3) is 0 Å². The molecule has 0 radical (unpaired) electrons. The molecule has 25 heavy (non-hydrogen) atoms. The van der Waals surface area contributed by atoms with Crippen molar-refractivity contribution in [3.05, 3.63) is 70.8 Å². The number of aryl methyl sites for hydroxylation is 1. The van der Waals surface area contributed by atoms with Crippen LogP contribution in [0.4, 0.5) is 8.78 Å². The topological polar surface area (TPSA) is 41.1 Å². The van der Waals surface area contributed by atoms with Crippen LogP contribution in [0.3, 0.4) is 0 Å². The van der Waals surface area contributed by atoms with Crippen LogP contribution < -0.4 is 10.6 Å². The molecule has 2 N–H and O–H groups in total. The van der Waals surface area contributed by atoms with Crippen molar-refractivity contribution in [3.63, 3.8) is 0 Å². The minimum atomic E-state index is -0.880. The Morgan fingerprint density at radius 2 is 2.00 bits per heavy atom. The van der Waals surface area contributed by atoms with Crippen molar-refractivity contribution in [1.82, 2.24) is 10.6 Å². The number of halogens is 2. The van der Waals surface area contributed by atoms with Crippen LogP contribution in [0.25, 0.3) is 0 Å². The second kappa shape index (κ2) is 7.74. The van der Waals surface area contributed by atoms with Gasteiger partial charge in [0, 0.05) is 6.04 Å². The molecule has 2 aromatic carbocycles. The van der Waals surface area contributed by atoms with E-state index < -0.39 is 11.6 Å². The highest BCUT2D eigenvalue weighted by Crippen LogP contribution is 2.29. The fraction of sp³-hybridized carbons (Fsp3) is 0.350. The monoisotopic (exact) mass is 344 g/mol. The van der Waals surface area contributed by atoms with Crippen LogP contribution in [0.1, 0.15) is 48.5 Å². The number of benzene rings is 2. The quantitative estimate of drug-likeness (QED) is 0.866. The molecule has 0 bridgehead atoms. The van der Waals surface area contributed by atoms with Crippen LogP contribution in [0.2, 0.25) is 0 Å². The van der Waals surface area contributed by atoms with Crippen molar-refractivity contribution in [1.29, 1.82) is 0 Å². The maximum absolute atomic E-state index is 13.3. The molecular formula is C20H22F2N2O. The third kappa shape index (κ3) is 4.23. The van der Waals surface area contributed by atoms with Gasteiger partial charge in [-0.2, -0.15) is 0 Å². The van der Waals surface area contributed by atoms with Crippen LogP contribution >= 0.6 is 0 Å². The van der Waals surface area contributed by atoms with Crippen molar-refractivity contribution in [2.75, 3.05) is 6.54 Å². The van der Waals surface area contributed by atoms with Gasteiger partial charge in [-0.3, -0.25) is 4.79 Å². The molecule has 3 nitrogen and oxygen atoms in total. The summed E-state index contributed by atoms with van der Waals surface area (Å²) in [6, 6.07) is 11.8. The highest BCUT2D eigenvalue weighted by molar-refractivity contribution is 5.78. The molecular weight excluding hydrogens is 322 g/mol. The number of hydrogen-bond acceptors (Lipinski definition) is 2. The maximum atomic E-state index is 13.3. The zero-order chi connectivity index (χ0) is 17.8. The Bertz CT molecular complexity index is 763. The van der Waals surface area contributed by atoms with Gasteiger partial charge in [0.15, 0.2) is 11.6 Å². The Morgan fingerprint density at radius 1 is 1.20 bits per heavy atom. The summed E-state index contributed by atoms with van der Waals surface area (Å²) in [5, 5.41) is 6.12. The molecule has 3 rings (SSSR count). The van der Waals surface area contributed by atoms with Gasteiger partial charge in [-0.25, -0.2) is 8.78 Å². The van der Waals surface area contributed by atoms with Gasteiger partial charge in [0.2, 0.25) is 5.91 Å². The van der Waals surface area contributed by atoms with E-state index in [2.05, 4.69) is 22.8 Å². The van der Waals surface area contributed by atoms with E-state index in [0.29, 0.717) is 5.56 Å². The third-order valence-electron chi connectivity index (χ3n) is 4.72. The molecule has 0 fully saturated rings. The molecule has 0 unspecified atom stereocenters. The minimum absolute atomic E-state index is 0.0396. The zero-order valence-corrected chi connectivity index (χ0v) is 14.2. The number of rotatable bonds is 5.